The SMILES string of the molecule is COc1cc(CNC2CCCCC2)ccc1O. The monoisotopic (exact) mass is 235 g/mol. The first kappa shape index (κ1) is 12.2. The molecule has 0 amide bonds. The topological polar surface area (TPSA) is 41.5 Å². The molecule has 0 aliphatic heterocycles. The van der Waals surface area contributed by atoms with Crippen LogP contribution in [0.3, 0.4) is 0 Å². The molecular formula is C14H21NO2. The fraction of sp³-hybridized carbons (Fsp3) is 0.571. The van der Waals surface area contributed by atoms with Crippen LogP contribution in [0.1, 0.15) is 37.7 Å². The van der Waals surface area contributed by atoms with Crippen LogP contribution in [0, 0.1) is 0 Å². The Hall–Kier alpha value is -1.22. The number of hydrogen-bond donors (Lipinski definition) is 2. The maximum absolute atomic E-state index is 9.51. The van der Waals surface area contributed by atoms with Gasteiger partial charge >= 0.3 is 0 Å². The molecule has 0 saturated heterocycles. The summed E-state index contributed by atoms with van der Waals surface area (Å²) in [7, 11) is 1.58. The predicted octanol–water partition coefficient (Wildman–Crippen LogP) is 2.82. The number of phenolic OH excluding ortho intramolecular Hbond substituents is 1. The maximum atomic E-state index is 9.51. The maximum Gasteiger partial charge on any atom is 0.160 e. The third kappa shape index (κ3) is 3.37. The van der Waals surface area contributed by atoms with Crippen LogP contribution in [0.2, 0.25) is 0 Å². The third-order valence-corrected chi connectivity index (χ3v) is 3.44. The summed E-state index contributed by atoms with van der Waals surface area (Å²) in [5.41, 5.74) is 1.16. The summed E-state index contributed by atoms with van der Waals surface area (Å²) < 4.78 is 5.10. The summed E-state index contributed by atoms with van der Waals surface area (Å²) in [6, 6.07) is 6.18. The zero-order valence-corrected chi connectivity index (χ0v) is 10.4. The number of benzene rings is 1. The first-order valence-electron chi connectivity index (χ1n) is 6.39. The molecule has 3 nitrogen and oxygen atoms in total. The van der Waals surface area contributed by atoms with Gasteiger partial charge in [-0.1, -0.05) is 25.3 Å². The number of ether oxygens (including phenoxy) is 1. The zero-order chi connectivity index (χ0) is 12.1. The molecule has 0 radical (unpaired) electrons. The molecule has 2 N–H and O–H groups in total. The molecule has 0 bridgehead atoms. The highest BCUT2D eigenvalue weighted by molar-refractivity contribution is 5.41. The Balaban J connectivity index is 1.89. The second kappa shape index (κ2) is 5.92. The first-order chi connectivity index (χ1) is 8.29. The van der Waals surface area contributed by atoms with E-state index >= 15 is 0 Å². The molecule has 3 heteroatoms. The summed E-state index contributed by atoms with van der Waals surface area (Å²) in [4.78, 5) is 0. The van der Waals surface area contributed by atoms with E-state index in [-0.39, 0.29) is 5.75 Å². The average Bonchev–Trinajstić information content (AvgIpc) is 2.39. The van der Waals surface area contributed by atoms with Gasteiger partial charge in [0, 0.05) is 12.6 Å². The van der Waals surface area contributed by atoms with Crippen molar-refractivity contribution in [1.82, 2.24) is 5.32 Å². The van der Waals surface area contributed by atoms with Crippen LogP contribution in [0.5, 0.6) is 11.5 Å². The molecule has 17 heavy (non-hydrogen) atoms. The van der Waals surface area contributed by atoms with Gasteiger partial charge in [-0.3, -0.25) is 0 Å². The molecule has 1 fully saturated rings. The summed E-state index contributed by atoms with van der Waals surface area (Å²) in [5, 5.41) is 13.1. The lowest BCUT2D eigenvalue weighted by Crippen LogP contribution is -2.30. The van der Waals surface area contributed by atoms with Gasteiger partial charge in [-0.25, -0.2) is 0 Å². The molecular weight excluding hydrogens is 214 g/mol. The van der Waals surface area contributed by atoms with Crippen molar-refractivity contribution >= 4 is 0 Å². The molecule has 1 aliphatic rings. The van der Waals surface area contributed by atoms with E-state index in [0.717, 1.165) is 12.1 Å². The van der Waals surface area contributed by atoms with Crippen molar-refractivity contribution in [2.45, 2.75) is 44.7 Å². The summed E-state index contributed by atoms with van der Waals surface area (Å²) >= 11 is 0. The van der Waals surface area contributed by atoms with Gasteiger partial charge in [0.1, 0.15) is 0 Å². The Labute approximate surface area is 103 Å². The minimum absolute atomic E-state index is 0.203. The molecule has 0 atom stereocenters. The highest BCUT2D eigenvalue weighted by Crippen LogP contribution is 2.26. The standard InChI is InChI=1S/C14H21NO2/c1-17-14-9-11(7-8-13(14)16)10-15-12-5-3-2-4-6-12/h7-9,12,15-16H,2-6,10H2,1H3. The largest absolute Gasteiger partial charge is 0.504 e. The summed E-state index contributed by atoms with van der Waals surface area (Å²) in [5.74, 6) is 0.752. The van der Waals surface area contributed by atoms with E-state index in [1.165, 1.54) is 32.1 Å². The fourth-order valence-electron chi connectivity index (χ4n) is 2.40. The number of methoxy groups -OCH3 is 1. The lowest BCUT2D eigenvalue weighted by atomic mass is 9.95. The van der Waals surface area contributed by atoms with Crippen molar-refractivity contribution in [2.24, 2.45) is 0 Å². The van der Waals surface area contributed by atoms with Crippen LogP contribution < -0.4 is 10.1 Å². The second-order valence-electron chi connectivity index (χ2n) is 4.72. The van der Waals surface area contributed by atoms with Crippen LogP contribution in [0.4, 0.5) is 0 Å². The fourth-order valence-corrected chi connectivity index (χ4v) is 2.40. The Kier molecular flexibility index (Phi) is 4.26. The van der Waals surface area contributed by atoms with Crippen LogP contribution in [-0.4, -0.2) is 18.3 Å². The van der Waals surface area contributed by atoms with Crippen molar-refractivity contribution in [3.8, 4) is 11.5 Å². The molecule has 2 rings (SSSR count). The lowest BCUT2D eigenvalue weighted by molar-refractivity contribution is 0.366. The molecule has 0 aromatic heterocycles. The van der Waals surface area contributed by atoms with E-state index in [4.69, 9.17) is 4.74 Å². The molecule has 1 aliphatic carbocycles. The van der Waals surface area contributed by atoms with Crippen molar-refractivity contribution in [3.05, 3.63) is 23.8 Å². The highest BCUT2D eigenvalue weighted by atomic mass is 16.5. The number of hydrogen-bond acceptors (Lipinski definition) is 3. The Morgan fingerprint density at radius 3 is 2.76 bits per heavy atom. The minimum atomic E-state index is 0.203. The van der Waals surface area contributed by atoms with Crippen LogP contribution in [0.25, 0.3) is 0 Å². The van der Waals surface area contributed by atoms with Gasteiger partial charge < -0.3 is 15.2 Å². The smallest absolute Gasteiger partial charge is 0.160 e. The van der Waals surface area contributed by atoms with E-state index in [0.29, 0.717) is 11.8 Å². The van der Waals surface area contributed by atoms with Gasteiger partial charge in [0.05, 0.1) is 7.11 Å². The van der Waals surface area contributed by atoms with Crippen LogP contribution >= 0.6 is 0 Å². The molecule has 1 aromatic rings. The van der Waals surface area contributed by atoms with E-state index in [2.05, 4.69) is 5.32 Å². The summed E-state index contributed by atoms with van der Waals surface area (Å²) in [6.45, 7) is 0.849. The van der Waals surface area contributed by atoms with Gasteiger partial charge in [0.25, 0.3) is 0 Å². The second-order valence-corrected chi connectivity index (χ2v) is 4.72. The molecule has 0 heterocycles. The Morgan fingerprint density at radius 1 is 1.29 bits per heavy atom. The highest BCUT2D eigenvalue weighted by Gasteiger charge is 2.12. The quantitative estimate of drug-likeness (QED) is 0.843. The van der Waals surface area contributed by atoms with Crippen molar-refractivity contribution in [2.75, 3.05) is 7.11 Å². The van der Waals surface area contributed by atoms with E-state index in [9.17, 15) is 5.11 Å². The summed E-state index contributed by atoms with van der Waals surface area (Å²) in [6.07, 6.45) is 6.64. The minimum Gasteiger partial charge on any atom is -0.504 e. The number of phenols is 1. The predicted molar refractivity (Wildman–Crippen MR) is 68.4 cm³/mol. The number of aromatic hydroxyl groups is 1. The van der Waals surface area contributed by atoms with Crippen molar-refractivity contribution < 1.29 is 9.84 Å². The zero-order valence-electron chi connectivity index (χ0n) is 10.4. The van der Waals surface area contributed by atoms with Crippen LogP contribution in [-0.2, 0) is 6.54 Å². The normalized spacial score (nSPS) is 17.0. The number of rotatable bonds is 4. The molecule has 1 saturated carbocycles. The van der Waals surface area contributed by atoms with Gasteiger partial charge in [0.2, 0.25) is 0 Å². The molecule has 0 spiro atoms. The van der Waals surface area contributed by atoms with Gasteiger partial charge in [-0.15, -0.1) is 0 Å². The van der Waals surface area contributed by atoms with Crippen molar-refractivity contribution in [1.29, 1.82) is 0 Å². The lowest BCUT2D eigenvalue weighted by Gasteiger charge is -2.23. The Morgan fingerprint density at radius 2 is 2.06 bits per heavy atom. The van der Waals surface area contributed by atoms with Gasteiger partial charge in [-0.2, -0.15) is 0 Å². The molecule has 94 valence electrons. The van der Waals surface area contributed by atoms with Gasteiger partial charge in [-0.05, 0) is 30.5 Å². The molecule has 0 unspecified atom stereocenters. The Bertz CT molecular complexity index is 359. The van der Waals surface area contributed by atoms with E-state index in [1.807, 2.05) is 12.1 Å². The molecule has 1 aromatic carbocycles. The van der Waals surface area contributed by atoms with E-state index < -0.39 is 0 Å². The van der Waals surface area contributed by atoms with Gasteiger partial charge in [0.15, 0.2) is 11.5 Å². The van der Waals surface area contributed by atoms with E-state index in [1.54, 1.807) is 13.2 Å². The average molecular weight is 235 g/mol. The number of nitrogens with one attached hydrogen (secondary N) is 1. The third-order valence-electron chi connectivity index (χ3n) is 3.44. The first-order valence-corrected chi connectivity index (χ1v) is 6.39. The van der Waals surface area contributed by atoms with Crippen molar-refractivity contribution in [3.63, 3.8) is 0 Å². The van der Waals surface area contributed by atoms with Crippen LogP contribution in [0.15, 0.2) is 18.2 Å².